The molecule has 1 saturated heterocycles. The Morgan fingerprint density at radius 1 is 1.18 bits per heavy atom. The fourth-order valence-electron chi connectivity index (χ4n) is 3.96. The number of pyridine rings is 1. The lowest BCUT2D eigenvalue weighted by molar-refractivity contribution is -0.132. The van der Waals surface area contributed by atoms with E-state index in [9.17, 15) is 19.5 Å². The average molecular weight is 534 g/mol. The predicted molar refractivity (Wildman–Crippen MR) is 143 cm³/mol. The number of carbonyl (C=O) groups excluding carboxylic acids is 3. The molecule has 0 aliphatic carbocycles. The van der Waals surface area contributed by atoms with Gasteiger partial charge in [-0.25, -0.2) is 9.78 Å². The van der Waals surface area contributed by atoms with Crippen LogP contribution in [0.3, 0.4) is 0 Å². The van der Waals surface area contributed by atoms with E-state index in [1.54, 1.807) is 43.3 Å². The summed E-state index contributed by atoms with van der Waals surface area (Å²) in [7, 11) is 0. The molecule has 1 aliphatic heterocycles. The zero-order valence-electron chi connectivity index (χ0n) is 21.0. The summed E-state index contributed by atoms with van der Waals surface area (Å²) in [5, 5.41) is 11.4. The largest absolute Gasteiger partial charge is 0.507 e. The number of hydrogen-bond donors (Lipinski definition) is 1. The minimum absolute atomic E-state index is 0.0233. The molecule has 1 N–H and O–H groups in total. The Hall–Kier alpha value is -4.31. The quantitative estimate of drug-likeness (QED) is 0.0966. The Labute approximate surface area is 224 Å². The van der Waals surface area contributed by atoms with Crippen LogP contribution >= 0.6 is 11.3 Å². The van der Waals surface area contributed by atoms with Crippen molar-refractivity contribution in [2.45, 2.75) is 32.7 Å². The first-order chi connectivity index (χ1) is 18.4. The lowest BCUT2D eigenvalue weighted by atomic mass is 9.96. The maximum atomic E-state index is 13.3. The second-order valence-electron chi connectivity index (χ2n) is 8.47. The number of benzene rings is 1. The molecule has 2 aromatic heterocycles. The molecule has 4 rings (SSSR count). The number of aromatic nitrogens is 2. The Morgan fingerprint density at radius 2 is 1.89 bits per heavy atom. The molecular formula is C28H27N3O6S. The highest BCUT2D eigenvalue weighted by Gasteiger charge is 2.48. The van der Waals surface area contributed by atoms with Gasteiger partial charge in [0.25, 0.3) is 5.78 Å². The minimum atomic E-state index is -0.985. The Bertz CT molecular complexity index is 1380. The molecule has 0 bridgehead atoms. The number of aliphatic hydroxyl groups is 1. The Kier molecular flexibility index (Phi) is 8.32. The molecule has 0 saturated carbocycles. The first-order valence-corrected chi connectivity index (χ1v) is 12.9. The van der Waals surface area contributed by atoms with Crippen molar-refractivity contribution in [1.29, 1.82) is 0 Å². The van der Waals surface area contributed by atoms with Crippen molar-refractivity contribution < 1.29 is 29.0 Å². The topological polar surface area (TPSA) is 119 Å². The zero-order chi connectivity index (χ0) is 27.2. The molecule has 196 valence electrons. The van der Waals surface area contributed by atoms with E-state index in [-0.39, 0.29) is 27.9 Å². The van der Waals surface area contributed by atoms with Crippen molar-refractivity contribution in [1.82, 2.24) is 9.97 Å². The number of esters is 1. The first-order valence-electron chi connectivity index (χ1n) is 12.1. The van der Waals surface area contributed by atoms with Gasteiger partial charge in [0.15, 0.2) is 5.13 Å². The van der Waals surface area contributed by atoms with Gasteiger partial charge in [0, 0.05) is 18.0 Å². The van der Waals surface area contributed by atoms with Crippen molar-refractivity contribution in [2.75, 3.05) is 18.1 Å². The molecule has 1 amide bonds. The van der Waals surface area contributed by atoms with Crippen LogP contribution in [0.4, 0.5) is 5.13 Å². The number of anilines is 1. The molecular weight excluding hydrogens is 506 g/mol. The van der Waals surface area contributed by atoms with Crippen molar-refractivity contribution >= 4 is 39.9 Å². The van der Waals surface area contributed by atoms with Crippen LogP contribution in [-0.4, -0.2) is 45.9 Å². The van der Waals surface area contributed by atoms with Gasteiger partial charge in [0.2, 0.25) is 0 Å². The molecule has 1 aliphatic rings. The van der Waals surface area contributed by atoms with E-state index in [1.807, 2.05) is 0 Å². The number of rotatable bonds is 10. The molecule has 38 heavy (non-hydrogen) atoms. The van der Waals surface area contributed by atoms with Crippen molar-refractivity contribution in [3.05, 3.63) is 88.7 Å². The number of aliphatic hydroxyl groups excluding tert-OH is 1. The SMILES string of the molecule is C=CCOC(=O)c1sc(N2C(=O)C(=O)/C(=C(/O)c3ccc(OCCCC)cc3)C2c2ccncc2)nc1C. The van der Waals surface area contributed by atoms with Gasteiger partial charge in [-0.2, -0.15) is 0 Å². The summed E-state index contributed by atoms with van der Waals surface area (Å²) in [5.41, 5.74) is 1.16. The zero-order valence-corrected chi connectivity index (χ0v) is 21.9. The molecule has 0 radical (unpaired) electrons. The van der Waals surface area contributed by atoms with Crippen LogP contribution in [0.15, 0.2) is 67.0 Å². The highest BCUT2D eigenvalue weighted by Crippen LogP contribution is 2.43. The lowest BCUT2D eigenvalue weighted by Crippen LogP contribution is -2.29. The average Bonchev–Trinajstić information content (AvgIpc) is 3.44. The summed E-state index contributed by atoms with van der Waals surface area (Å²) in [6.45, 7) is 7.82. The fourth-order valence-corrected chi connectivity index (χ4v) is 4.95. The van der Waals surface area contributed by atoms with Gasteiger partial charge in [0.1, 0.15) is 23.0 Å². The molecule has 1 unspecified atom stereocenters. The number of aryl methyl sites for hydroxylation is 1. The minimum Gasteiger partial charge on any atom is -0.507 e. The molecule has 9 nitrogen and oxygen atoms in total. The van der Waals surface area contributed by atoms with Crippen molar-refractivity contribution in [3.63, 3.8) is 0 Å². The standard InChI is InChI=1S/C28H27N3O6S/c1-4-6-16-36-20-9-7-19(8-10-20)23(32)21-22(18-11-13-29-14-12-18)31(26(34)24(21)33)28-30-17(3)25(38-28)27(35)37-15-5-2/h5,7-14,22,32H,2,4,6,15-16H2,1,3H3/b23-21+. The van der Waals surface area contributed by atoms with E-state index >= 15 is 0 Å². The number of ether oxygens (including phenoxy) is 2. The maximum Gasteiger partial charge on any atom is 0.350 e. The van der Waals surface area contributed by atoms with Gasteiger partial charge in [-0.3, -0.25) is 19.5 Å². The number of thiazole rings is 1. The number of unbranched alkanes of at least 4 members (excludes halogenated alkanes) is 1. The van der Waals surface area contributed by atoms with E-state index in [2.05, 4.69) is 23.5 Å². The van der Waals surface area contributed by atoms with Crippen molar-refractivity contribution in [3.8, 4) is 5.75 Å². The fraction of sp³-hybridized carbons (Fsp3) is 0.250. The van der Waals surface area contributed by atoms with Gasteiger partial charge < -0.3 is 14.6 Å². The number of carbonyl (C=O) groups is 3. The Balaban J connectivity index is 1.77. The molecule has 1 fully saturated rings. The summed E-state index contributed by atoms with van der Waals surface area (Å²) in [4.78, 5) is 49.0. The van der Waals surface area contributed by atoms with Crippen LogP contribution in [0.2, 0.25) is 0 Å². The second kappa shape index (κ2) is 11.8. The number of hydrogen-bond acceptors (Lipinski definition) is 9. The Morgan fingerprint density at radius 3 is 2.55 bits per heavy atom. The van der Waals surface area contributed by atoms with Crippen LogP contribution < -0.4 is 9.64 Å². The number of ketones is 1. The first kappa shape index (κ1) is 26.7. The van der Waals surface area contributed by atoms with Crippen LogP contribution in [0.25, 0.3) is 5.76 Å². The molecule has 3 heterocycles. The second-order valence-corrected chi connectivity index (χ2v) is 9.45. The smallest absolute Gasteiger partial charge is 0.350 e. The number of amides is 1. The van der Waals surface area contributed by atoms with E-state index in [4.69, 9.17) is 9.47 Å². The predicted octanol–water partition coefficient (Wildman–Crippen LogP) is 4.99. The summed E-state index contributed by atoms with van der Waals surface area (Å²) < 4.78 is 10.8. The molecule has 1 aromatic carbocycles. The van der Waals surface area contributed by atoms with Crippen LogP contribution in [0, 0.1) is 6.92 Å². The van der Waals surface area contributed by atoms with Gasteiger partial charge in [-0.1, -0.05) is 37.3 Å². The van der Waals surface area contributed by atoms with Gasteiger partial charge in [-0.15, -0.1) is 0 Å². The molecule has 0 spiro atoms. The third-order valence-corrected chi connectivity index (χ3v) is 7.01. The van der Waals surface area contributed by atoms with E-state index < -0.39 is 23.7 Å². The van der Waals surface area contributed by atoms with Gasteiger partial charge >= 0.3 is 11.9 Å². The summed E-state index contributed by atoms with van der Waals surface area (Å²) >= 11 is 0.937. The third-order valence-electron chi connectivity index (χ3n) is 5.87. The highest BCUT2D eigenvalue weighted by atomic mass is 32.1. The van der Waals surface area contributed by atoms with Crippen LogP contribution in [0.1, 0.15) is 52.3 Å². The third kappa shape index (κ3) is 5.35. The van der Waals surface area contributed by atoms with Gasteiger partial charge in [0.05, 0.1) is 23.9 Å². The summed E-state index contributed by atoms with van der Waals surface area (Å²) in [5.74, 6) is -2.03. The van der Waals surface area contributed by atoms with E-state index in [0.29, 0.717) is 29.2 Å². The highest BCUT2D eigenvalue weighted by molar-refractivity contribution is 7.17. The summed E-state index contributed by atoms with van der Waals surface area (Å²) in [6.07, 6.45) is 6.43. The van der Waals surface area contributed by atoms with E-state index in [1.165, 1.54) is 23.4 Å². The number of nitrogens with zero attached hydrogens (tertiary/aromatic N) is 3. The van der Waals surface area contributed by atoms with Crippen LogP contribution in [0.5, 0.6) is 5.75 Å². The molecule has 3 aromatic rings. The van der Waals surface area contributed by atoms with Gasteiger partial charge in [-0.05, 0) is 55.3 Å². The monoisotopic (exact) mass is 533 g/mol. The maximum absolute atomic E-state index is 13.3. The molecule has 1 atom stereocenters. The summed E-state index contributed by atoms with van der Waals surface area (Å²) in [6, 6.07) is 8.99. The number of Topliss-reactive ketones (excluding diaryl/α,β-unsaturated/α-hetero) is 1. The molecule has 10 heteroatoms. The van der Waals surface area contributed by atoms with Crippen LogP contribution in [-0.2, 0) is 14.3 Å². The lowest BCUT2D eigenvalue weighted by Gasteiger charge is -2.22. The van der Waals surface area contributed by atoms with E-state index in [0.717, 1.165) is 24.2 Å². The van der Waals surface area contributed by atoms with Crippen molar-refractivity contribution in [2.24, 2.45) is 0 Å². The normalized spacial score (nSPS) is 16.5.